The van der Waals surface area contributed by atoms with Gasteiger partial charge in [0.2, 0.25) is 0 Å². The number of hydrogen-bond donors (Lipinski definition) is 0. The molecule has 4 aromatic rings. The van der Waals surface area contributed by atoms with Crippen molar-refractivity contribution in [2.75, 3.05) is 0 Å². The lowest BCUT2D eigenvalue weighted by atomic mass is 10.1. The number of rotatable bonds is 1. The average molecular weight is 405 g/mol. The monoisotopic (exact) mass is 404 g/mol. The molecule has 0 aromatic heterocycles. The van der Waals surface area contributed by atoms with Crippen molar-refractivity contribution in [3.05, 3.63) is 109 Å². The molecule has 0 N–H and O–H groups in total. The molecule has 27 heavy (non-hydrogen) atoms. The third-order valence-electron chi connectivity index (χ3n) is 4.02. The first-order chi connectivity index (χ1) is 12.9. The van der Waals surface area contributed by atoms with E-state index in [1.54, 1.807) is 0 Å². The summed E-state index contributed by atoms with van der Waals surface area (Å²) in [5.41, 5.74) is 2.55. The van der Waals surface area contributed by atoms with E-state index in [-0.39, 0.29) is 13.5 Å². The van der Waals surface area contributed by atoms with E-state index in [1.165, 1.54) is 30.7 Å². The van der Waals surface area contributed by atoms with Gasteiger partial charge in [0.05, 0.1) is 0 Å². The summed E-state index contributed by atoms with van der Waals surface area (Å²) in [6.07, 6.45) is 0. The summed E-state index contributed by atoms with van der Waals surface area (Å²) >= 11 is 3.72. The molecule has 0 saturated heterocycles. The fourth-order valence-corrected chi connectivity index (χ4v) is 4.97. The van der Waals surface area contributed by atoms with Crippen LogP contribution in [0.1, 0.15) is 0 Å². The van der Waals surface area contributed by atoms with Gasteiger partial charge in [0, 0.05) is 19.6 Å². The van der Waals surface area contributed by atoms with Gasteiger partial charge in [0.15, 0.2) is 0 Å². The van der Waals surface area contributed by atoms with E-state index in [0.29, 0.717) is 0 Å². The molecule has 0 aliphatic carbocycles. The molecular weight excluding hydrogens is 384 g/mol. The molecule has 5 rings (SSSR count). The van der Waals surface area contributed by atoms with Gasteiger partial charge in [-0.15, -0.1) is 0 Å². The van der Waals surface area contributed by atoms with Gasteiger partial charge in [-0.3, -0.25) is 0 Å². The summed E-state index contributed by atoms with van der Waals surface area (Å²) in [5, 5.41) is 0. The quantitative estimate of drug-likeness (QED) is 0.280. The van der Waals surface area contributed by atoms with Crippen molar-refractivity contribution < 1.29 is 0 Å². The van der Waals surface area contributed by atoms with Crippen LogP contribution in [-0.4, -0.2) is 0 Å². The van der Waals surface area contributed by atoms with Crippen LogP contribution in [0.25, 0.3) is 11.1 Å². The minimum Gasteiger partial charge on any atom is -0.197 e. The molecule has 0 nitrogen and oxygen atoms in total. The molecule has 0 saturated carbocycles. The highest BCUT2D eigenvalue weighted by Gasteiger charge is 2.14. The highest BCUT2D eigenvalue weighted by atomic mass is 32.2. The standard InChI is InChI=1S/C12H8S2.C12H10.H2S/c1-2-6-10-9(5-1)13-11-7-3-4-8-12(11)14-10;1-3-7-11(8-4-1)12-9-5-2-6-10-12;/h1-8H;1-10H;1H2. The Morgan fingerprint density at radius 1 is 0.333 bits per heavy atom. The van der Waals surface area contributed by atoms with Gasteiger partial charge >= 0.3 is 0 Å². The lowest BCUT2D eigenvalue weighted by Crippen LogP contribution is -1.87. The van der Waals surface area contributed by atoms with Gasteiger partial charge < -0.3 is 0 Å². The molecule has 0 spiro atoms. The van der Waals surface area contributed by atoms with E-state index in [2.05, 4.69) is 97.1 Å². The molecule has 0 amide bonds. The fourth-order valence-electron chi connectivity index (χ4n) is 2.74. The van der Waals surface area contributed by atoms with Crippen LogP contribution >= 0.6 is 37.0 Å². The van der Waals surface area contributed by atoms with Crippen LogP contribution in [0.5, 0.6) is 0 Å². The first-order valence-corrected chi connectivity index (χ1v) is 10.2. The maximum absolute atomic E-state index is 2.18. The summed E-state index contributed by atoms with van der Waals surface area (Å²) in [6, 6.07) is 37.9. The van der Waals surface area contributed by atoms with Gasteiger partial charge in [0.1, 0.15) is 0 Å². The van der Waals surface area contributed by atoms with Crippen molar-refractivity contribution in [2.24, 2.45) is 0 Å². The Morgan fingerprint density at radius 2 is 0.593 bits per heavy atom. The third kappa shape index (κ3) is 5.01. The molecule has 0 radical (unpaired) electrons. The predicted molar refractivity (Wildman–Crippen MR) is 123 cm³/mol. The Balaban J connectivity index is 0.000000152. The van der Waals surface area contributed by atoms with E-state index in [0.717, 1.165) is 0 Å². The molecule has 4 aromatic carbocycles. The molecule has 1 aliphatic rings. The zero-order valence-electron chi connectivity index (χ0n) is 14.7. The van der Waals surface area contributed by atoms with Gasteiger partial charge in [-0.2, -0.15) is 13.5 Å². The van der Waals surface area contributed by atoms with Crippen LogP contribution in [0.2, 0.25) is 0 Å². The number of hydrogen-bond acceptors (Lipinski definition) is 2. The van der Waals surface area contributed by atoms with Crippen LogP contribution in [0, 0.1) is 0 Å². The second kappa shape index (κ2) is 9.75. The van der Waals surface area contributed by atoms with Crippen LogP contribution in [0.4, 0.5) is 0 Å². The zero-order chi connectivity index (χ0) is 17.6. The summed E-state index contributed by atoms with van der Waals surface area (Å²) in [4.78, 5) is 5.49. The van der Waals surface area contributed by atoms with Crippen LogP contribution in [0.15, 0.2) is 129 Å². The summed E-state index contributed by atoms with van der Waals surface area (Å²) in [7, 11) is 0. The molecule has 1 aliphatic heterocycles. The molecule has 0 bridgehead atoms. The van der Waals surface area contributed by atoms with Crippen molar-refractivity contribution >= 4 is 37.0 Å². The minimum atomic E-state index is 0. The molecule has 3 heteroatoms. The van der Waals surface area contributed by atoms with E-state index < -0.39 is 0 Å². The molecule has 1 heterocycles. The SMILES string of the molecule is S.c1ccc(-c2ccccc2)cc1.c1ccc2c(c1)Sc1ccccc1S2. The second-order valence-corrected chi connectivity index (χ2v) is 8.00. The van der Waals surface area contributed by atoms with Crippen LogP contribution in [0.3, 0.4) is 0 Å². The van der Waals surface area contributed by atoms with Gasteiger partial charge in [-0.1, -0.05) is 108 Å². The summed E-state index contributed by atoms with van der Waals surface area (Å²) in [6.45, 7) is 0. The Bertz CT molecular complexity index is 857. The number of fused-ring (bicyclic) bond motifs is 2. The summed E-state index contributed by atoms with van der Waals surface area (Å²) in [5.74, 6) is 0. The first-order valence-electron chi connectivity index (χ1n) is 8.54. The fraction of sp³-hybridized carbons (Fsp3) is 0. The Kier molecular flexibility index (Phi) is 7.11. The summed E-state index contributed by atoms with van der Waals surface area (Å²) < 4.78 is 0. The largest absolute Gasteiger partial charge is 0.197 e. The van der Waals surface area contributed by atoms with Crippen molar-refractivity contribution in [1.29, 1.82) is 0 Å². The van der Waals surface area contributed by atoms with Crippen LogP contribution in [-0.2, 0) is 0 Å². The van der Waals surface area contributed by atoms with Gasteiger partial charge in [0.25, 0.3) is 0 Å². The predicted octanol–water partition coefficient (Wildman–Crippen LogP) is 7.77. The van der Waals surface area contributed by atoms with Crippen molar-refractivity contribution in [2.45, 2.75) is 19.6 Å². The van der Waals surface area contributed by atoms with E-state index >= 15 is 0 Å². The normalized spacial score (nSPS) is 11.1. The zero-order valence-corrected chi connectivity index (χ0v) is 17.3. The lowest BCUT2D eigenvalue weighted by Gasteiger charge is -2.17. The average Bonchev–Trinajstić information content (AvgIpc) is 2.74. The first kappa shape index (κ1) is 19.7. The van der Waals surface area contributed by atoms with Crippen molar-refractivity contribution in [1.82, 2.24) is 0 Å². The van der Waals surface area contributed by atoms with Crippen molar-refractivity contribution in [3.8, 4) is 11.1 Å². The second-order valence-electron chi connectivity index (χ2n) is 5.83. The molecule has 0 fully saturated rings. The maximum Gasteiger partial charge on any atom is 0.0262 e. The molecule has 134 valence electrons. The van der Waals surface area contributed by atoms with Crippen LogP contribution < -0.4 is 0 Å². The maximum atomic E-state index is 2.18. The smallest absolute Gasteiger partial charge is 0.0262 e. The highest BCUT2D eigenvalue weighted by molar-refractivity contribution is 8.05. The van der Waals surface area contributed by atoms with Gasteiger partial charge in [-0.25, -0.2) is 0 Å². The van der Waals surface area contributed by atoms with Gasteiger partial charge in [-0.05, 0) is 35.4 Å². The highest BCUT2D eigenvalue weighted by Crippen LogP contribution is 2.47. The Hall–Kier alpha value is -2.07. The molecule has 0 atom stereocenters. The molecule has 0 unspecified atom stereocenters. The van der Waals surface area contributed by atoms with Crippen molar-refractivity contribution in [3.63, 3.8) is 0 Å². The minimum absolute atomic E-state index is 0. The lowest BCUT2D eigenvalue weighted by molar-refractivity contribution is 1.16. The van der Waals surface area contributed by atoms with E-state index in [1.807, 2.05) is 35.7 Å². The Morgan fingerprint density at radius 3 is 0.889 bits per heavy atom. The molecular formula is C24H20S3. The Labute approximate surface area is 176 Å². The third-order valence-corrected chi connectivity index (χ3v) is 6.58. The topological polar surface area (TPSA) is 0 Å². The van der Waals surface area contributed by atoms with E-state index in [4.69, 9.17) is 0 Å². The number of benzene rings is 4. The van der Waals surface area contributed by atoms with E-state index in [9.17, 15) is 0 Å².